The maximum Gasteiger partial charge on any atom is 0.198 e. The molecule has 1 N–H and O–H groups in total. The molecular weight excluding hydrogens is 190 g/mol. The van der Waals surface area contributed by atoms with Crippen LogP contribution in [0.25, 0.3) is 0 Å². The van der Waals surface area contributed by atoms with Crippen LogP contribution in [-0.4, -0.2) is 16.7 Å². The third kappa shape index (κ3) is 2.67. The van der Waals surface area contributed by atoms with Crippen LogP contribution in [0.3, 0.4) is 0 Å². The van der Waals surface area contributed by atoms with Gasteiger partial charge in [0.25, 0.3) is 0 Å². The lowest BCUT2D eigenvalue weighted by Crippen LogP contribution is -1.88. The Labute approximate surface area is 88.4 Å². The van der Waals surface area contributed by atoms with Crippen molar-refractivity contribution in [2.75, 3.05) is 6.61 Å². The molecule has 0 bridgehead atoms. The van der Waals surface area contributed by atoms with Crippen LogP contribution in [0.4, 0.5) is 0 Å². The average molecular weight is 203 g/mol. The van der Waals surface area contributed by atoms with Crippen LogP contribution in [0.1, 0.15) is 17.2 Å². The van der Waals surface area contributed by atoms with Crippen molar-refractivity contribution in [3.63, 3.8) is 0 Å². The van der Waals surface area contributed by atoms with Crippen LogP contribution in [0.5, 0.6) is 0 Å². The molecule has 15 heavy (non-hydrogen) atoms. The van der Waals surface area contributed by atoms with Crippen LogP contribution >= 0.6 is 0 Å². The fraction of sp³-hybridized carbons (Fsp3) is 0.250. The lowest BCUT2D eigenvalue weighted by molar-refractivity contribution is 0.286. The molecule has 0 fully saturated rings. The van der Waals surface area contributed by atoms with Crippen molar-refractivity contribution in [2.45, 2.75) is 12.8 Å². The third-order valence-corrected chi connectivity index (χ3v) is 2.16. The Morgan fingerprint density at radius 3 is 2.73 bits per heavy atom. The fourth-order valence-corrected chi connectivity index (χ4v) is 1.43. The molecule has 0 saturated carbocycles. The molecule has 0 atom stereocenters. The van der Waals surface area contributed by atoms with Gasteiger partial charge < -0.3 is 9.52 Å². The fourth-order valence-electron chi connectivity index (χ4n) is 1.43. The summed E-state index contributed by atoms with van der Waals surface area (Å²) in [6.07, 6.45) is 2.91. The van der Waals surface area contributed by atoms with E-state index in [0.29, 0.717) is 18.7 Å². The molecule has 0 saturated heterocycles. The first-order chi connectivity index (χ1) is 7.38. The first-order valence-corrected chi connectivity index (χ1v) is 4.97. The van der Waals surface area contributed by atoms with E-state index in [1.54, 1.807) is 6.20 Å². The van der Waals surface area contributed by atoms with Crippen molar-refractivity contribution in [1.29, 1.82) is 0 Å². The highest BCUT2D eigenvalue weighted by Gasteiger charge is 2.03. The van der Waals surface area contributed by atoms with Crippen molar-refractivity contribution >= 4 is 0 Å². The molecule has 1 aromatic heterocycles. The maximum absolute atomic E-state index is 8.73. The van der Waals surface area contributed by atoms with Crippen LogP contribution < -0.4 is 0 Å². The summed E-state index contributed by atoms with van der Waals surface area (Å²) in [5, 5.41) is 8.73. The Balaban J connectivity index is 2.05. The third-order valence-electron chi connectivity index (χ3n) is 2.16. The summed E-state index contributed by atoms with van der Waals surface area (Å²) in [7, 11) is 0. The highest BCUT2D eigenvalue weighted by Crippen LogP contribution is 2.10. The molecule has 0 amide bonds. The summed E-state index contributed by atoms with van der Waals surface area (Å²) >= 11 is 0. The number of benzene rings is 1. The minimum atomic E-state index is 0.0972. The number of hydrogen-bond acceptors (Lipinski definition) is 3. The average Bonchev–Trinajstić information content (AvgIpc) is 2.68. The predicted molar refractivity (Wildman–Crippen MR) is 56.5 cm³/mol. The van der Waals surface area contributed by atoms with Crippen molar-refractivity contribution in [3.05, 3.63) is 53.7 Å². The zero-order valence-corrected chi connectivity index (χ0v) is 8.39. The number of rotatable bonds is 4. The van der Waals surface area contributed by atoms with Gasteiger partial charge in [0.2, 0.25) is 0 Å². The molecule has 0 radical (unpaired) electrons. The van der Waals surface area contributed by atoms with Crippen molar-refractivity contribution in [2.24, 2.45) is 0 Å². The minimum Gasteiger partial charge on any atom is -0.445 e. The molecule has 0 aliphatic heterocycles. The first-order valence-electron chi connectivity index (χ1n) is 4.97. The van der Waals surface area contributed by atoms with Crippen LogP contribution in [0.2, 0.25) is 0 Å². The van der Waals surface area contributed by atoms with Gasteiger partial charge in [0.1, 0.15) is 5.76 Å². The Morgan fingerprint density at radius 2 is 2.00 bits per heavy atom. The summed E-state index contributed by atoms with van der Waals surface area (Å²) in [4.78, 5) is 4.15. The molecule has 0 aliphatic rings. The van der Waals surface area contributed by atoms with Crippen molar-refractivity contribution in [3.8, 4) is 0 Å². The minimum absolute atomic E-state index is 0.0972. The van der Waals surface area contributed by atoms with Gasteiger partial charge in [0.05, 0.1) is 12.8 Å². The van der Waals surface area contributed by atoms with E-state index in [0.717, 1.165) is 5.76 Å². The molecule has 1 heterocycles. The van der Waals surface area contributed by atoms with E-state index in [2.05, 4.69) is 4.98 Å². The van der Waals surface area contributed by atoms with E-state index in [9.17, 15) is 0 Å². The van der Waals surface area contributed by atoms with Crippen LogP contribution in [-0.2, 0) is 12.8 Å². The van der Waals surface area contributed by atoms with Gasteiger partial charge >= 0.3 is 0 Å². The molecule has 0 unspecified atom stereocenters. The van der Waals surface area contributed by atoms with Gasteiger partial charge in [-0.05, 0) is 5.56 Å². The van der Waals surface area contributed by atoms with E-state index in [1.165, 1.54) is 5.56 Å². The van der Waals surface area contributed by atoms with Crippen LogP contribution in [0.15, 0.2) is 40.9 Å². The quantitative estimate of drug-likeness (QED) is 0.824. The summed E-state index contributed by atoms with van der Waals surface area (Å²) in [6, 6.07) is 10.0. The lowest BCUT2D eigenvalue weighted by atomic mass is 10.2. The zero-order valence-electron chi connectivity index (χ0n) is 8.39. The molecule has 3 nitrogen and oxygen atoms in total. The van der Waals surface area contributed by atoms with Gasteiger partial charge in [-0.2, -0.15) is 0 Å². The Hall–Kier alpha value is -1.61. The summed E-state index contributed by atoms with van der Waals surface area (Å²) < 4.78 is 5.46. The second kappa shape index (κ2) is 4.75. The first kappa shape index (κ1) is 9.93. The summed E-state index contributed by atoms with van der Waals surface area (Å²) in [5.74, 6) is 1.44. The van der Waals surface area contributed by atoms with Crippen LogP contribution in [0, 0.1) is 0 Å². The monoisotopic (exact) mass is 203 g/mol. The molecule has 0 aliphatic carbocycles. The molecule has 2 rings (SSSR count). The van der Waals surface area contributed by atoms with E-state index in [1.807, 2.05) is 30.3 Å². The highest BCUT2D eigenvalue weighted by molar-refractivity contribution is 5.18. The topological polar surface area (TPSA) is 46.3 Å². The molecular formula is C12H13NO2. The van der Waals surface area contributed by atoms with Gasteiger partial charge in [-0.15, -0.1) is 0 Å². The molecule has 0 spiro atoms. The van der Waals surface area contributed by atoms with E-state index < -0.39 is 0 Å². The Morgan fingerprint density at radius 1 is 1.20 bits per heavy atom. The van der Waals surface area contributed by atoms with Gasteiger partial charge in [0, 0.05) is 12.8 Å². The largest absolute Gasteiger partial charge is 0.445 e. The van der Waals surface area contributed by atoms with Crippen molar-refractivity contribution in [1.82, 2.24) is 4.98 Å². The predicted octanol–water partition coefficient (Wildman–Crippen LogP) is 1.80. The molecule has 3 heteroatoms. The normalized spacial score (nSPS) is 10.5. The Kier molecular flexibility index (Phi) is 3.15. The van der Waals surface area contributed by atoms with E-state index in [-0.39, 0.29) is 6.61 Å². The van der Waals surface area contributed by atoms with E-state index in [4.69, 9.17) is 9.52 Å². The molecule has 2 aromatic rings. The second-order valence-corrected chi connectivity index (χ2v) is 3.36. The standard InChI is InChI=1S/C12H13NO2/c14-7-6-11-9-13-12(15-11)8-10-4-2-1-3-5-10/h1-5,9,14H,6-8H2. The second-order valence-electron chi connectivity index (χ2n) is 3.36. The maximum atomic E-state index is 8.73. The highest BCUT2D eigenvalue weighted by atomic mass is 16.4. The van der Waals surface area contributed by atoms with Gasteiger partial charge in [-0.3, -0.25) is 0 Å². The number of aliphatic hydroxyl groups excluding tert-OH is 1. The van der Waals surface area contributed by atoms with Gasteiger partial charge in [-0.1, -0.05) is 30.3 Å². The number of oxazole rings is 1. The number of hydrogen-bond donors (Lipinski definition) is 1. The number of nitrogens with zero attached hydrogens (tertiary/aromatic N) is 1. The van der Waals surface area contributed by atoms with Crippen molar-refractivity contribution < 1.29 is 9.52 Å². The number of aliphatic hydroxyl groups is 1. The SMILES string of the molecule is OCCc1cnc(Cc2ccccc2)o1. The summed E-state index contributed by atoms with van der Waals surface area (Å²) in [5.41, 5.74) is 1.18. The van der Waals surface area contributed by atoms with E-state index >= 15 is 0 Å². The Bertz CT molecular complexity index is 409. The van der Waals surface area contributed by atoms with Gasteiger partial charge in [0.15, 0.2) is 5.89 Å². The molecule has 78 valence electrons. The van der Waals surface area contributed by atoms with Gasteiger partial charge in [-0.25, -0.2) is 4.98 Å². The number of aromatic nitrogens is 1. The smallest absolute Gasteiger partial charge is 0.198 e. The zero-order chi connectivity index (χ0) is 10.5. The molecule has 1 aromatic carbocycles. The lowest BCUT2D eigenvalue weighted by Gasteiger charge is -1.95. The summed E-state index contributed by atoms with van der Waals surface area (Å²) in [6.45, 7) is 0.0972.